The normalized spacial score (nSPS) is 29.9. The Morgan fingerprint density at radius 3 is 1.94 bits per heavy atom. The highest BCUT2D eigenvalue weighted by Crippen LogP contribution is 2.59. The van der Waals surface area contributed by atoms with Crippen LogP contribution in [-0.4, -0.2) is 22.3 Å². The first-order valence-corrected chi connectivity index (χ1v) is 13.1. The minimum absolute atomic E-state index is 0.257. The van der Waals surface area contributed by atoms with Crippen LogP contribution in [0.4, 0.5) is 0 Å². The first-order chi connectivity index (χ1) is 16.0. The molecule has 7 rings (SSSR count). The van der Waals surface area contributed by atoms with Gasteiger partial charge in [-0.2, -0.15) is 0 Å². The molecule has 168 valence electrons. The Morgan fingerprint density at radius 2 is 1.36 bits per heavy atom. The zero-order chi connectivity index (χ0) is 22.5. The largest absolute Gasteiger partial charge is 0.455 e. The van der Waals surface area contributed by atoms with Gasteiger partial charge in [0.2, 0.25) is 0 Å². The molecule has 0 aromatic heterocycles. The van der Waals surface area contributed by atoms with E-state index in [-0.39, 0.29) is 16.9 Å². The molecule has 4 bridgehead atoms. The summed E-state index contributed by atoms with van der Waals surface area (Å²) in [5, 5.41) is 11.0. The molecule has 0 aliphatic heterocycles. The summed E-state index contributed by atoms with van der Waals surface area (Å²) in [6, 6.07) is 28.8. The van der Waals surface area contributed by atoms with Crippen molar-refractivity contribution in [2.45, 2.75) is 64.4 Å². The predicted octanol–water partition coefficient (Wildman–Crippen LogP) is 6.02. The maximum absolute atomic E-state index is 13.4. The molecule has 1 N–H and O–H groups in total. The fraction of sp³-hybridized carbons (Fsp3) is 0.345. The van der Waals surface area contributed by atoms with Crippen molar-refractivity contribution >= 4 is 16.9 Å². The minimum atomic E-state index is -0.640. The van der Waals surface area contributed by atoms with E-state index in [0.717, 1.165) is 30.6 Å². The van der Waals surface area contributed by atoms with Crippen LogP contribution in [0.15, 0.2) is 99.6 Å². The van der Waals surface area contributed by atoms with Gasteiger partial charge in [0, 0.05) is 12.5 Å². The summed E-state index contributed by atoms with van der Waals surface area (Å²) in [5.41, 5.74) is -0.536. The maximum Gasteiger partial charge on any atom is 0.338 e. The van der Waals surface area contributed by atoms with Crippen molar-refractivity contribution in [2.24, 2.45) is 11.8 Å². The fourth-order valence-electron chi connectivity index (χ4n) is 6.78. The summed E-state index contributed by atoms with van der Waals surface area (Å²) in [5.74, 6) is 0.710. The van der Waals surface area contributed by atoms with Gasteiger partial charge in [-0.1, -0.05) is 42.5 Å². The van der Waals surface area contributed by atoms with E-state index in [4.69, 9.17) is 4.74 Å². The minimum Gasteiger partial charge on any atom is -0.455 e. The lowest BCUT2D eigenvalue weighted by Crippen LogP contribution is -2.60. The molecule has 4 aliphatic carbocycles. The van der Waals surface area contributed by atoms with Gasteiger partial charge in [0.25, 0.3) is 0 Å². The Morgan fingerprint density at radius 1 is 0.788 bits per heavy atom. The smallest absolute Gasteiger partial charge is 0.338 e. The summed E-state index contributed by atoms with van der Waals surface area (Å²) in [6.07, 6.45) is 5.31. The Bertz CT molecular complexity index is 1110. The number of aliphatic hydroxyl groups is 1. The molecule has 0 saturated heterocycles. The highest BCUT2D eigenvalue weighted by molar-refractivity contribution is 7.97. The molecule has 0 heterocycles. The van der Waals surface area contributed by atoms with E-state index < -0.39 is 11.2 Å². The van der Waals surface area contributed by atoms with Crippen LogP contribution in [0.2, 0.25) is 0 Å². The first-order valence-electron chi connectivity index (χ1n) is 11.9. The van der Waals surface area contributed by atoms with Gasteiger partial charge in [0.15, 0.2) is 14.7 Å². The Labute approximate surface area is 198 Å². The molecule has 4 fully saturated rings. The molecular formula is C29H29O3S+. The quantitative estimate of drug-likeness (QED) is 0.376. The van der Waals surface area contributed by atoms with Crippen molar-refractivity contribution < 1.29 is 14.6 Å². The average molecular weight is 458 g/mol. The van der Waals surface area contributed by atoms with Crippen molar-refractivity contribution in [1.82, 2.24) is 0 Å². The van der Waals surface area contributed by atoms with Gasteiger partial charge in [-0.15, -0.1) is 0 Å². The van der Waals surface area contributed by atoms with Crippen molar-refractivity contribution in [2.75, 3.05) is 0 Å². The van der Waals surface area contributed by atoms with Crippen LogP contribution in [-0.2, 0) is 15.6 Å². The van der Waals surface area contributed by atoms with E-state index >= 15 is 0 Å². The first kappa shape index (κ1) is 21.0. The van der Waals surface area contributed by atoms with Gasteiger partial charge >= 0.3 is 5.97 Å². The SMILES string of the molecule is O=C(OC12CC3CC(CC(O)(C3)C1)C2)c1cccc([S+](c2ccccc2)c2ccccc2)c1. The fourth-order valence-corrected chi connectivity index (χ4v) is 8.91. The highest BCUT2D eigenvalue weighted by Gasteiger charge is 2.59. The second kappa shape index (κ2) is 8.03. The second-order valence-corrected chi connectivity index (χ2v) is 12.2. The van der Waals surface area contributed by atoms with Crippen LogP contribution in [0.3, 0.4) is 0 Å². The third-order valence-electron chi connectivity index (χ3n) is 7.55. The molecule has 3 nitrogen and oxygen atoms in total. The van der Waals surface area contributed by atoms with Gasteiger partial charge in [-0.25, -0.2) is 4.79 Å². The predicted molar refractivity (Wildman–Crippen MR) is 129 cm³/mol. The number of hydrogen-bond acceptors (Lipinski definition) is 3. The lowest BCUT2D eigenvalue weighted by atomic mass is 9.52. The number of ether oxygens (including phenoxy) is 1. The molecule has 4 aliphatic rings. The van der Waals surface area contributed by atoms with E-state index in [0.29, 0.717) is 23.8 Å². The monoisotopic (exact) mass is 457 g/mol. The maximum atomic E-state index is 13.4. The molecule has 0 spiro atoms. The summed E-state index contributed by atoms with van der Waals surface area (Å²) >= 11 is 0. The van der Waals surface area contributed by atoms with Crippen molar-refractivity contribution in [3.05, 3.63) is 90.5 Å². The molecule has 3 aromatic carbocycles. The standard InChI is InChI=1S/C29H29O3S/c30-27(32-29-18-21-14-22(19-29)17-28(31,16-21)20-29)23-8-7-13-26(15-23)33(24-9-3-1-4-10-24)25-11-5-2-6-12-25/h1-13,15,21-22,31H,14,16-20H2/q+1. The van der Waals surface area contributed by atoms with E-state index in [2.05, 4.69) is 54.6 Å². The number of carbonyl (C=O) groups is 1. The number of hydrogen-bond donors (Lipinski definition) is 1. The van der Waals surface area contributed by atoms with Gasteiger partial charge < -0.3 is 9.84 Å². The molecule has 4 heteroatoms. The molecular weight excluding hydrogens is 428 g/mol. The third-order valence-corrected chi connectivity index (χ3v) is 9.76. The molecule has 2 unspecified atom stereocenters. The zero-order valence-corrected chi connectivity index (χ0v) is 19.5. The molecule has 4 saturated carbocycles. The molecule has 2 atom stereocenters. The highest BCUT2D eigenvalue weighted by atomic mass is 32.2. The second-order valence-electron chi connectivity index (χ2n) is 10.2. The topological polar surface area (TPSA) is 46.5 Å². The van der Waals surface area contributed by atoms with Crippen LogP contribution in [0, 0.1) is 11.8 Å². The van der Waals surface area contributed by atoms with E-state index in [1.807, 2.05) is 30.3 Å². The third kappa shape index (κ3) is 4.00. The van der Waals surface area contributed by atoms with E-state index in [9.17, 15) is 9.90 Å². The summed E-state index contributed by atoms with van der Waals surface area (Å²) in [4.78, 5) is 16.9. The van der Waals surface area contributed by atoms with Crippen LogP contribution in [0.5, 0.6) is 0 Å². The van der Waals surface area contributed by atoms with Gasteiger partial charge in [0.1, 0.15) is 5.60 Å². The Hall–Kier alpha value is -2.56. The van der Waals surface area contributed by atoms with Gasteiger partial charge in [-0.05, 0) is 80.3 Å². The molecule has 3 aromatic rings. The summed E-state index contributed by atoms with van der Waals surface area (Å²) in [6.45, 7) is 0. The lowest BCUT2D eigenvalue weighted by molar-refractivity contribution is -0.199. The average Bonchev–Trinajstić information content (AvgIpc) is 2.79. The van der Waals surface area contributed by atoms with E-state index in [1.165, 1.54) is 16.2 Å². The van der Waals surface area contributed by atoms with Crippen molar-refractivity contribution in [1.29, 1.82) is 0 Å². The van der Waals surface area contributed by atoms with Crippen LogP contribution in [0.1, 0.15) is 48.9 Å². The Balaban J connectivity index is 1.31. The van der Waals surface area contributed by atoms with Crippen LogP contribution < -0.4 is 0 Å². The number of carbonyl (C=O) groups excluding carboxylic acids is 1. The van der Waals surface area contributed by atoms with Crippen LogP contribution >= 0.6 is 0 Å². The number of esters is 1. The molecule has 0 radical (unpaired) electrons. The zero-order valence-electron chi connectivity index (χ0n) is 18.7. The molecule has 33 heavy (non-hydrogen) atoms. The Kier molecular flexibility index (Phi) is 5.11. The molecule has 0 amide bonds. The lowest BCUT2D eigenvalue weighted by Gasteiger charge is -2.59. The summed E-state index contributed by atoms with van der Waals surface area (Å²) in [7, 11) is -0.308. The number of rotatable bonds is 5. The van der Waals surface area contributed by atoms with Crippen LogP contribution in [0.25, 0.3) is 0 Å². The van der Waals surface area contributed by atoms with Gasteiger partial charge in [-0.3, -0.25) is 0 Å². The van der Waals surface area contributed by atoms with Crippen molar-refractivity contribution in [3.63, 3.8) is 0 Å². The van der Waals surface area contributed by atoms with Gasteiger partial charge in [0.05, 0.1) is 22.1 Å². The summed E-state index contributed by atoms with van der Waals surface area (Å²) < 4.78 is 6.25. The van der Waals surface area contributed by atoms with Crippen molar-refractivity contribution in [3.8, 4) is 0 Å². The number of benzene rings is 3. The van der Waals surface area contributed by atoms with E-state index in [1.54, 1.807) is 0 Å².